The lowest BCUT2D eigenvalue weighted by Crippen LogP contribution is -2.13. The van der Waals surface area contributed by atoms with E-state index in [0.29, 0.717) is 16.7 Å². The molecule has 2 aromatic carbocycles. The molecule has 1 heterocycles. The van der Waals surface area contributed by atoms with Crippen molar-refractivity contribution in [3.05, 3.63) is 76.9 Å². The van der Waals surface area contributed by atoms with Crippen LogP contribution in [0.4, 0.5) is 5.69 Å². The number of aromatic nitrogens is 1. The van der Waals surface area contributed by atoms with Gasteiger partial charge >= 0.3 is 5.97 Å². The summed E-state index contributed by atoms with van der Waals surface area (Å²) >= 11 is 0. The molecule has 0 radical (unpaired) electrons. The van der Waals surface area contributed by atoms with Gasteiger partial charge in [0.2, 0.25) is 5.69 Å². The first kappa shape index (κ1) is 20.6. The zero-order valence-electron chi connectivity index (χ0n) is 16.9. The Balaban J connectivity index is 2.22. The van der Waals surface area contributed by atoms with Crippen LogP contribution in [0.25, 0.3) is 27.1 Å². The fraction of sp³-hybridized carbons (Fsp3) is 0.167. The van der Waals surface area contributed by atoms with E-state index in [9.17, 15) is 14.9 Å². The molecular formula is C24H19N3O3. The predicted octanol–water partition coefficient (Wildman–Crippen LogP) is 5.16. The van der Waals surface area contributed by atoms with E-state index in [0.717, 1.165) is 11.1 Å². The zero-order valence-corrected chi connectivity index (χ0v) is 16.9. The van der Waals surface area contributed by atoms with Crippen molar-refractivity contribution in [1.29, 1.82) is 5.26 Å². The number of benzene rings is 2. The topological polar surface area (TPSA) is 76.5 Å². The summed E-state index contributed by atoms with van der Waals surface area (Å²) in [4.78, 5) is 28.4. The van der Waals surface area contributed by atoms with Crippen LogP contribution in [0.3, 0.4) is 0 Å². The summed E-state index contributed by atoms with van der Waals surface area (Å²) < 4.78 is 6.61. The Labute approximate surface area is 174 Å². The third kappa shape index (κ3) is 3.47. The molecule has 0 aliphatic rings. The average molecular weight is 397 g/mol. The second-order valence-electron chi connectivity index (χ2n) is 6.60. The summed E-state index contributed by atoms with van der Waals surface area (Å²) in [6.07, 6.45) is 0. The van der Waals surface area contributed by atoms with Crippen molar-refractivity contribution in [2.75, 3.05) is 6.61 Å². The van der Waals surface area contributed by atoms with Crippen LogP contribution >= 0.6 is 0 Å². The quantitative estimate of drug-likeness (QED) is 0.338. The number of rotatable bonds is 5. The van der Waals surface area contributed by atoms with Crippen LogP contribution in [0, 0.1) is 17.9 Å². The molecule has 3 aromatic rings. The fourth-order valence-electron chi connectivity index (χ4n) is 3.54. The molecule has 148 valence electrons. The Bertz CT molecular complexity index is 1220. The molecule has 0 amide bonds. The highest BCUT2D eigenvalue weighted by atomic mass is 16.5. The SMILES string of the molecule is [C-]#[N+]c1c(-c2ccc(-c3ccccc3C#N)cc2)c(C(=O)OCC)n(C)c1C(C)=O. The van der Waals surface area contributed by atoms with Gasteiger partial charge in [0.15, 0.2) is 5.78 Å². The molecule has 0 unspecified atom stereocenters. The first-order chi connectivity index (χ1) is 14.4. The summed E-state index contributed by atoms with van der Waals surface area (Å²) in [6, 6.07) is 16.7. The lowest BCUT2D eigenvalue weighted by atomic mass is 9.96. The molecule has 0 aliphatic carbocycles. The van der Waals surface area contributed by atoms with E-state index >= 15 is 0 Å². The number of esters is 1. The normalized spacial score (nSPS) is 10.2. The maximum atomic E-state index is 12.6. The lowest BCUT2D eigenvalue weighted by molar-refractivity contribution is 0.0516. The van der Waals surface area contributed by atoms with E-state index in [1.165, 1.54) is 11.5 Å². The molecule has 0 saturated carbocycles. The Hall–Kier alpha value is -4.16. The highest BCUT2D eigenvalue weighted by Crippen LogP contribution is 2.40. The predicted molar refractivity (Wildman–Crippen MR) is 113 cm³/mol. The van der Waals surface area contributed by atoms with Crippen molar-refractivity contribution in [2.24, 2.45) is 7.05 Å². The van der Waals surface area contributed by atoms with Crippen LogP contribution < -0.4 is 0 Å². The van der Waals surface area contributed by atoms with Crippen LogP contribution in [0.2, 0.25) is 0 Å². The second kappa shape index (κ2) is 8.46. The summed E-state index contributed by atoms with van der Waals surface area (Å²) in [5, 5.41) is 9.34. The monoisotopic (exact) mass is 397 g/mol. The number of Topliss-reactive ketones (excluding diaryl/α,β-unsaturated/α-hetero) is 1. The van der Waals surface area contributed by atoms with Crippen LogP contribution in [0.1, 0.15) is 40.4 Å². The van der Waals surface area contributed by atoms with Crippen LogP contribution in [0.15, 0.2) is 48.5 Å². The number of ketones is 1. The third-order valence-corrected chi connectivity index (χ3v) is 4.81. The van der Waals surface area contributed by atoms with E-state index in [1.807, 2.05) is 24.3 Å². The number of carbonyl (C=O) groups excluding carboxylic acids is 2. The summed E-state index contributed by atoms with van der Waals surface area (Å²) in [6.45, 7) is 10.9. The lowest BCUT2D eigenvalue weighted by Gasteiger charge is -2.10. The first-order valence-electron chi connectivity index (χ1n) is 9.32. The van der Waals surface area contributed by atoms with Gasteiger partial charge in [-0.3, -0.25) is 4.79 Å². The van der Waals surface area contributed by atoms with E-state index in [-0.39, 0.29) is 29.5 Å². The Morgan fingerprint density at radius 1 is 1.10 bits per heavy atom. The van der Waals surface area contributed by atoms with E-state index in [4.69, 9.17) is 11.3 Å². The van der Waals surface area contributed by atoms with Gasteiger partial charge in [0, 0.05) is 12.6 Å². The van der Waals surface area contributed by atoms with E-state index in [1.54, 1.807) is 38.2 Å². The Morgan fingerprint density at radius 3 is 2.30 bits per heavy atom. The minimum atomic E-state index is -0.591. The molecule has 0 atom stereocenters. The number of hydrogen-bond acceptors (Lipinski definition) is 4. The van der Waals surface area contributed by atoms with Gasteiger partial charge in [-0.2, -0.15) is 5.26 Å². The average Bonchev–Trinajstić information content (AvgIpc) is 3.06. The van der Waals surface area contributed by atoms with Crippen molar-refractivity contribution >= 4 is 17.4 Å². The molecule has 0 bridgehead atoms. The second-order valence-corrected chi connectivity index (χ2v) is 6.60. The van der Waals surface area contributed by atoms with Gasteiger partial charge in [-0.1, -0.05) is 42.5 Å². The van der Waals surface area contributed by atoms with E-state index in [2.05, 4.69) is 10.9 Å². The largest absolute Gasteiger partial charge is 0.461 e. The molecule has 6 nitrogen and oxygen atoms in total. The standard InChI is InChI=1S/C24H19N3O3/c1-5-30-24(29)23-20(21(26-3)22(15(2)28)27(23)4)17-12-10-16(11-13-17)19-9-7-6-8-18(19)14-25/h6-13H,5H2,1-2,4H3. The number of nitriles is 1. The van der Waals surface area contributed by atoms with Gasteiger partial charge in [0.05, 0.1) is 30.5 Å². The summed E-state index contributed by atoms with van der Waals surface area (Å²) in [5.74, 6) is -0.897. The van der Waals surface area contributed by atoms with Crippen LogP contribution in [-0.4, -0.2) is 22.9 Å². The minimum Gasteiger partial charge on any atom is -0.461 e. The smallest absolute Gasteiger partial charge is 0.354 e. The van der Waals surface area contributed by atoms with Gasteiger partial charge in [-0.05, 0) is 36.6 Å². The molecule has 6 heteroatoms. The van der Waals surface area contributed by atoms with Crippen molar-refractivity contribution in [3.63, 3.8) is 0 Å². The molecule has 0 saturated heterocycles. The zero-order chi connectivity index (χ0) is 21.8. The fourth-order valence-corrected chi connectivity index (χ4v) is 3.54. The van der Waals surface area contributed by atoms with Crippen LogP contribution in [-0.2, 0) is 11.8 Å². The van der Waals surface area contributed by atoms with Crippen molar-refractivity contribution in [3.8, 4) is 28.3 Å². The Kier molecular flexibility index (Phi) is 5.80. The molecular weight excluding hydrogens is 378 g/mol. The molecule has 1 aromatic heterocycles. The van der Waals surface area contributed by atoms with Gasteiger partial charge in [-0.15, -0.1) is 0 Å². The number of nitrogens with zero attached hydrogens (tertiary/aromatic N) is 3. The van der Waals surface area contributed by atoms with Crippen LogP contribution in [0.5, 0.6) is 0 Å². The highest BCUT2D eigenvalue weighted by molar-refractivity contribution is 6.09. The molecule has 0 N–H and O–H groups in total. The number of hydrogen-bond donors (Lipinski definition) is 0. The molecule has 0 aliphatic heterocycles. The molecule has 3 rings (SSSR count). The van der Waals surface area contributed by atoms with Crippen molar-refractivity contribution in [1.82, 2.24) is 4.57 Å². The highest BCUT2D eigenvalue weighted by Gasteiger charge is 2.29. The summed E-state index contributed by atoms with van der Waals surface area (Å²) in [7, 11) is 1.58. The molecule has 30 heavy (non-hydrogen) atoms. The van der Waals surface area contributed by atoms with Gasteiger partial charge in [0.25, 0.3) is 0 Å². The van der Waals surface area contributed by atoms with Gasteiger partial charge < -0.3 is 9.30 Å². The minimum absolute atomic E-state index is 0.123. The van der Waals surface area contributed by atoms with Crippen molar-refractivity contribution < 1.29 is 14.3 Å². The third-order valence-electron chi connectivity index (χ3n) is 4.81. The molecule has 0 fully saturated rings. The van der Waals surface area contributed by atoms with E-state index < -0.39 is 5.97 Å². The maximum absolute atomic E-state index is 12.6. The van der Waals surface area contributed by atoms with Crippen molar-refractivity contribution in [2.45, 2.75) is 13.8 Å². The molecule has 0 spiro atoms. The Morgan fingerprint density at radius 2 is 1.73 bits per heavy atom. The number of carbonyl (C=O) groups is 2. The maximum Gasteiger partial charge on any atom is 0.354 e. The number of ether oxygens (including phenoxy) is 1. The van der Waals surface area contributed by atoms with Gasteiger partial charge in [-0.25, -0.2) is 9.64 Å². The van der Waals surface area contributed by atoms with Gasteiger partial charge in [0.1, 0.15) is 5.69 Å². The first-order valence-corrected chi connectivity index (χ1v) is 9.32. The summed E-state index contributed by atoms with van der Waals surface area (Å²) in [5.41, 5.74) is 3.62.